The Labute approximate surface area is 378 Å². The highest BCUT2D eigenvalue weighted by Crippen LogP contribution is 2.14. The van der Waals surface area contributed by atoms with Crippen LogP contribution in [-0.4, -0.2) is 34.9 Å². The Bertz CT molecular complexity index is 1180. The zero-order chi connectivity index (χ0) is 44.2. The number of aliphatic hydroxyl groups is 2. The minimum atomic E-state index is -0.877. The van der Waals surface area contributed by atoms with Gasteiger partial charge in [0.2, 0.25) is 5.91 Å². The van der Waals surface area contributed by atoms with E-state index in [0.29, 0.717) is 6.42 Å². The summed E-state index contributed by atoms with van der Waals surface area (Å²) in [5, 5.41) is 23.1. The highest BCUT2D eigenvalue weighted by Gasteiger charge is 2.17. The lowest BCUT2D eigenvalue weighted by atomic mass is 10.0. The van der Waals surface area contributed by atoms with Gasteiger partial charge in [0.05, 0.1) is 18.8 Å². The maximum atomic E-state index is 12.4. The highest BCUT2D eigenvalue weighted by atomic mass is 16.3. The second kappa shape index (κ2) is 51.4. The largest absolute Gasteiger partial charge is 0.394 e. The van der Waals surface area contributed by atoms with Gasteiger partial charge in [0.1, 0.15) is 0 Å². The molecular formula is C57H97NO3. The average Bonchev–Trinajstić information content (AvgIpc) is 3.26. The molecule has 0 aliphatic heterocycles. The quantitative estimate of drug-likeness (QED) is 0.0422. The molecule has 0 bridgehead atoms. The summed E-state index contributed by atoms with van der Waals surface area (Å²) in [4.78, 5) is 12.4. The summed E-state index contributed by atoms with van der Waals surface area (Å²) in [6, 6.07) is -0.653. The van der Waals surface area contributed by atoms with Crippen molar-refractivity contribution in [3.8, 4) is 0 Å². The number of unbranched alkanes of at least 4 members (excludes halogenated alkanes) is 22. The van der Waals surface area contributed by atoms with Crippen LogP contribution >= 0.6 is 0 Å². The Hall–Kier alpha value is -2.95. The first kappa shape index (κ1) is 58.1. The molecule has 0 heterocycles. The predicted molar refractivity (Wildman–Crippen MR) is 271 cm³/mol. The summed E-state index contributed by atoms with van der Waals surface area (Å²) in [6.45, 7) is 4.17. The second-order valence-electron chi connectivity index (χ2n) is 16.8. The van der Waals surface area contributed by atoms with Crippen LogP contribution in [0.4, 0.5) is 0 Å². The van der Waals surface area contributed by atoms with E-state index in [1.807, 2.05) is 6.08 Å². The summed E-state index contributed by atoms with van der Waals surface area (Å²) in [6.07, 6.45) is 77.9. The van der Waals surface area contributed by atoms with Crippen molar-refractivity contribution in [2.75, 3.05) is 6.61 Å². The van der Waals surface area contributed by atoms with E-state index in [4.69, 9.17) is 0 Å². The lowest BCUT2D eigenvalue weighted by Gasteiger charge is -2.19. The normalized spacial score (nSPS) is 13.8. The first-order valence-electron chi connectivity index (χ1n) is 25.6. The van der Waals surface area contributed by atoms with Crippen LogP contribution in [0.15, 0.2) is 109 Å². The number of aliphatic hydroxyl groups excluding tert-OH is 2. The van der Waals surface area contributed by atoms with Crippen molar-refractivity contribution in [1.29, 1.82) is 0 Å². The minimum Gasteiger partial charge on any atom is -0.394 e. The second-order valence-corrected chi connectivity index (χ2v) is 16.8. The molecule has 0 fully saturated rings. The van der Waals surface area contributed by atoms with Crippen molar-refractivity contribution in [1.82, 2.24) is 5.32 Å². The molecule has 0 saturated heterocycles. The maximum Gasteiger partial charge on any atom is 0.220 e. The van der Waals surface area contributed by atoms with Gasteiger partial charge in [-0.15, -0.1) is 0 Å². The molecule has 4 heteroatoms. The Morgan fingerprint density at radius 2 is 0.738 bits per heavy atom. The van der Waals surface area contributed by atoms with E-state index >= 15 is 0 Å². The van der Waals surface area contributed by atoms with Crippen LogP contribution in [0.5, 0.6) is 0 Å². The van der Waals surface area contributed by atoms with Crippen LogP contribution < -0.4 is 5.32 Å². The number of carbonyl (C=O) groups is 1. The fraction of sp³-hybridized carbons (Fsp3) is 0.667. The SMILES string of the molecule is CC/C=C\C/C=C\C/C=C\C/C=C\C/C=C\C/C=C\CCCCCCCCCCCCCCC(=O)NC(CO)C(O)/C=C/CC/C=C/CC/C=C/CCCCCCCCCC. The van der Waals surface area contributed by atoms with E-state index in [1.165, 1.54) is 128 Å². The number of amides is 1. The smallest absolute Gasteiger partial charge is 0.220 e. The van der Waals surface area contributed by atoms with Crippen LogP contribution in [0.25, 0.3) is 0 Å². The van der Waals surface area contributed by atoms with Crippen molar-refractivity contribution < 1.29 is 15.0 Å². The van der Waals surface area contributed by atoms with Gasteiger partial charge in [0.25, 0.3) is 0 Å². The monoisotopic (exact) mass is 844 g/mol. The number of rotatable bonds is 45. The van der Waals surface area contributed by atoms with E-state index in [0.717, 1.165) is 77.0 Å². The lowest BCUT2D eigenvalue weighted by Crippen LogP contribution is -2.45. The lowest BCUT2D eigenvalue weighted by molar-refractivity contribution is -0.123. The molecule has 2 unspecified atom stereocenters. The number of carbonyl (C=O) groups excluding carboxylic acids is 1. The van der Waals surface area contributed by atoms with Crippen molar-refractivity contribution >= 4 is 5.91 Å². The van der Waals surface area contributed by atoms with Gasteiger partial charge < -0.3 is 15.5 Å². The van der Waals surface area contributed by atoms with E-state index in [2.05, 4.69) is 116 Å². The van der Waals surface area contributed by atoms with Gasteiger partial charge >= 0.3 is 0 Å². The van der Waals surface area contributed by atoms with Crippen LogP contribution in [0, 0.1) is 0 Å². The van der Waals surface area contributed by atoms with E-state index < -0.39 is 12.1 Å². The molecule has 0 aromatic rings. The minimum absolute atomic E-state index is 0.0846. The van der Waals surface area contributed by atoms with Gasteiger partial charge in [-0.25, -0.2) is 0 Å². The van der Waals surface area contributed by atoms with Crippen molar-refractivity contribution in [2.45, 2.75) is 238 Å². The van der Waals surface area contributed by atoms with Gasteiger partial charge in [-0.05, 0) is 96.3 Å². The first-order chi connectivity index (χ1) is 30.2. The number of hydrogen-bond acceptors (Lipinski definition) is 3. The molecule has 4 nitrogen and oxygen atoms in total. The van der Waals surface area contributed by atoms with Crippen molar-refractivity contribution in [3.05, 3.63) is 109 Å². The summed E-state index contributed by atoms with van der Waals surface area (Å²) in [5.74, 6) is -0.0846. The molecule has 2 atom stereocenters. The van der Waals surface area contributed by atoms with E-state index in [1.54, 1.807) is 6.08 Å². The zero-order valence-corrected chi connectivity index (χ0v) is 39.9. The number of allylic oxidation sites excluding steroid dienone is 17. The molecule has 0 aromatic carbocycles. The molecule has 0 aromatic heterocycles. The summed E-state index contributed by atoms with van der Waals surface area (Å²) in [5.41, 5.74) is 0. The van der Waals surface area contributed by atoms with Gasteiger partial charge in [0, 0.05) is 6.42 Å². The standard InChI is InChI=1S/C57H97NO3/c1-3-5-7-9-11-13-15-17-19-21-23-24-25-26-27-28-29-30-31-32-33-34-35-37-39-41-43-45-47-49-51-53-57(61)58-55(54-59)56(60)52-50-48-46-44-42-40-38-36-22-20-18-16-14-12-10-8-6-4-2/h5,7,11,13,17,19,22-24,26-27,29-30,36,42,44,50,52,55-56,59-60H,3-4,6,8-10,12,14-16,18,20-21,25,28,31-35,37-41,43,45-49,51,53-54H2,1-2H3,(H,58,61)/b7-5-,13-11-,19-17-,24-23-,27-26-,30-29-,36-22+,44-42+,52-50+. The van der Waals surface area contributed by atoms with Gasteiger partial charge in [0.15, 0.2) is 0 Å². The van der Waals surface area contributed by atoms with Crippen molar-refractivity contribution in [2.24, 2.45) is 0 Å². The third-order valence-electron chi connectivity index (χ3n) is 11.0. The molecule has 3 N–H and O–H groups in total. The first-order valence-corrected chi connectivity index (χ1v) is 25.6. The third-order valence-corrected chi connectivity index (χ3v) is 11.0. The molecule has 0 spiro atoms. The molecule has 0 aliphatic rings. The molecule has 0 saturated carbocycles. The Morgan fingerprint density at radius 1 is 0.410 bits per heavy atom. The Morgan fingerprint density at radius 3 is 1.15 bits per heavy atom. The fourth-order valence-corrected chi connectivity index (χ4v) is 7.10. The van der Waals surface area contributed by atoms with E-state index in [-0.39, 0.29) is 12.5 Å². The van der Waals surface area contributed by atoms with Crippen LogP contribution in [0.3, 0.4) is 0 Å². The molecular weight excluding hydrogens is 747 g/mol. The number of hydrogen-bond donors (Lipinski definition) is 3. The molecule has 61 heavy (non-hydrogen) atoms. The van der Waals surface area contributed by atoms with E-state index in [9.17, 15) is 15.0 Å². The fourth-order valence-electron chi connectivity index (χ4n) is 7.10. The summed E-state index contributed by atoms with van der Waals surface area (Å²) < 4.78 is 0. The molecule has 0 aliphatic carbocycles. The molecule has 348 valence electrons. The topological polar surface area (TPSA) is 69.6 Å². The van der Waals surface area contributed by atoms with Crippen molar-refractivity contribution in [3.63, 3.8) is 0 Å². The number of nitrogens with one attached hydrogen (secondary N) is 1. The van der Waals surface area contributed by atoms with Crippen LogP contribution in [0.1, 0.15) is 226 Å². The molecule has 1 amide bonds. The summed E-state index contributed by atoms with van der Waals surface area (Å²) in [7, 11) is 0. The van der Waals surface area contributed by atoms with Gasteiger partial charge in [-0.2, -0.15) is 0 Å². The molecule has 0 radical (unpaired) electrons. The molecule has 0 rings (SSSR count). The van der Waals surface area contributed by atoms with Crippen LogP contribution in [0.2, 0.25) is 0 Å². The predicted octanol–water partition coefficient (Wildman–Crippen LogP) is 16.7. The summed E-state index contributed by atoms with van der Waals surface area (Å²) >= 11 is 0. The third kappa shape index (κ3) is 47.9. The average molecular weight is 844 g/mol. The van der Waals surface area contributed by atoms with Gasteiger partial charge in [-0.3, -0.25) is 4.79 Å². The zero-order valence-electron chi connectivity index (χ0n) is 39.9. The Kier molecular flexibility index (Phi) is 48.9. The highest BCUT2D eigenvalue weighted by molar-refractivity contribution is 5.76. The van der Waals surface area contributed by atoms with Gasteiger partial charge in [-0.1, -0.05) is 232 Å². The van der Waals surface area contributed by atoms with Crippen LogP contribution in [-0.2, 0) is 4.79 Å². The Balaban J connectivity index is 3.62. The maximum absolute atomic E-state index is 12.4.